The number of hydrogen-bond donors (Lipinski definition) is 2. The van der Waals surface area contributed by atoms with Crippen molar-refractivity contribution in [1.82, 2.24) is 19.9 Å². The molecule has 11 rings (SSSR count). The van der Waals surface area contributed by atoms with E-state index in [1.54, 1.807) is 0 Å². The van der Waals surface area contributed by atoms with E-state index in [0.29, 0.717) is 0 Å². The molecule has 0 saturated heterocycles. The number of unbranched alkanes of at least 4 members (excludes halogenated alkanes) is 20. The Labute approximate surface area is 520 Å². The van der Waals surface area contributed by atoms with Crippen molar-refractivity contribution in [3.05, 3.63) is 163 Å². The van der Waals surface area contributed by atoms with Gasteiger partial charge in [0.2, 0.25) is 0 Å². The van der Waals surface area contributed by atoms with Gasteiger partial charge in [0.15, 0.2) is 0 Å². The molecule has 2 aliphatic carbocycles. The molecule has 0 amide bonds. The summed E-state index contributed by atoms with van der Waals surface area (Å²) in [5, 5.41) is 0. The molecule has 0 radical (unpaired) electrons. The van der Waals surface area contributed by atoms with Crippen LogP contribution < -0.4 is 0 Å². The molecule has 0 unspecified atom stereocenters. The average Bonchev–Trinajstić information content (AvgIpc) is 1.71. The highest BCUT2D eigenvalue weighted by Crippen LogP contribution is 2.59. The van der Waals surface area contributed by atoms with Crippen LogP contribution in [0.1, 0.15) is 253 Å². The van der Waals surface area contributed by atoms with E-state index in [1.165, 1.54) is 210 Å². The lowest BCUT2D eigenvalue weighted by molar-refractivity contribution is 0.398. The molecular formula is C78H92Br2N4. The Bertz CT molecular complexity index is 3370. The smallest absolute Gasteiger partial charge is 0.0801 e. The van der Waals surface area contributed by atoms with E-state index >= 15 is 0 Å². The molecule has 2 aliphatic heterocycles. The van der Waals surface area contributed by atoms with Crippen molar-refractivity contribution >= 4 is 78.2 Å². The molecule has 0 atom stereocenters. The van der Waals surface area contributed by atoms with Crippen LogP contribution in [0.3, 0.4) is 0 Å². The fourth-order valence-electron chi connectivity index (χ4n) is 15.4. The first kappa shape index (κ1) is 60.1. The van der Waals surface area contributed by atoms with Gasteiger partial charge in [-0.05, 0) is 162 Å². The third-order valence-electron chi connectivity index (χ3n) is 19.5. The highest BCUT2D eigenvalue weighted by molar-refractivity contribution is 9.11. The van der Waals surface area contributed by atoms with Gasteiger partial charge in [-0.15, -0.1) is 0 Å². The van der Waals surface area contributed by atoms with E-state index in [1.807, 2.05) is 0 Å². The first-order valence-corrected chi connectivity index (χ1v) is 34.9. The second-order valence-electron chi connectivity index (χ2n) is 25.2. The Morgan fingerprint density at radius 1 is 0.310 bits per heavy atom. The van der Waals surface area contributed by atoms with Crippen molar-refractivity contribution in [2.24, 2.45) is 0 Å². The van der Waals surface area contributed by atoms with Gasteiger partial charge in [0.25, 0.3) is 0 Å². The number of nitrogens with zero attached hydrogens (tertiary/aromatic N) is 2. The molecule has 438 valence electrons. The summed E-state index contributed by atoms with van der Waals surface area (Å²) in [6, 6.07) is 42.2. The van der Waals surface area contributed by atoms with Gasteiger partial charge in [0, 0.05) is 33.0 Å². The van der Waals surface area contributed by atoms with E-state index < -0.39 is 0 Å². The maximum Gasteiger partial charge on any atom is 0.0801 e. The summed E-state index contributed by atoms with van der Waals surface area (Å²) in [6.07, 6.45) is 44.4. The van der Waals surface area contributed by atoms with Crippen molar-refractivity contribution in [3.8, 4) is 44.5 Å². The SMILES string of the molecule is CCCCCCCCC1(CCCCCCCC)c2ccccc2-c2cccc(-c3c4nc(c(Br)c5ccc([nH]5)c(-c5cccc6c5C(CCCCCCCC)(CCCCCCCC)c5ccccc5-6)c5nc(c(Br)c6ccc3[nH]6)C=C5)C=C4)c21. The Hall–Kier alpha value is -5.56. The molecule has 0 saturated carbocycles. The molecule has 4 aromatic carbocycles. The van der Waals surface area contributed by atoms with Gasteiger partial charge >= 0.3 is 0 Å². The predicted octanol–water partition coefficient (Wildman–Crippen LogP) is 25.1. The first-order valence-electron chi connectivity index (χ1n) is 33.3. The zero-order chi connectivity index (χ0) is 57.9. The van der Waals surface area contributed by atoms with Crippen molar-refractivity contribution in [2.75, 3.05) is 0 Å². The molecule has 7 aromatic rings. The number of benzene rings is 4. The van der Waals surface area contributed by atoms with Crippen molar-refractivity contribution in [2.45, 2.75) is 218 Å². The fraction of sp³-hybridized carbons (Fsp3) is 0.436. The van der Waals surface area contributed by atoms with Crippen LogP contribution in [0, 0.1) is 0 Å². The number of aromatic amines is 2. The quantitative estimate of drug-likeness (QED) is 0.0441. The van der Waals surface area contributed by atoms with E-state index in [9.17, 15) is 0 Å². The number of aromatic nitrogens is 4. The summed E-state index contributed by atoms with van der Waals surface area (Å²) in [6.45, 7) is 9.30. The summed E-state index contributed by atoms with van der Waals surface area (Å²) >= 11 is 8.41. The van der Waals surface area contributed by atoms with E-state index in [0.717, 1.165) is 90.6 Å². The van der Waals surface area contributed by atoms with E-state index in [4.69, 9.17) is 9.97 Å². The third-order valence-corrected chi connectivity index (χ3v) is 21.2. The molecule has 4 nitrogen and oxygen atoms in total. The van der Waals surface area contributed by atoms with Crippen LogP contribution in [-0.4, -0.2) is 19.9 Å². The zero-order valence-electron chi connectivity index (χ0n) is 51.2. The Morgan fingerprint density at radius 2 is 0.607 bits per heavy atom. The highest BCUT2D eigenvalue weighted by Gasteiger charge is 2.46. The number of nitrogens with one attached hydrogen (secondary N) is 2. The van der Waals surface area contributed by atoms with Crippen LogP contribution in [0.25, 0.3) is 90.9 Å². The lowest BCUT2D eigenvalue weighted by Crippen LogP contribution is -2.26. The first-order chi connectivity index (χ1) is 41.4. The maximum absolute atomic E-state index is 5.68. The van der Waals surface area contributed by atoms with Crippen LogP contribution >= 0.6 is 31.9 Å². The van der Waals surface area contributed by atoms with Gasteiger partial charge < -0.3 is 9.97 Å². The van der Waals surface area contributed by atoms with Gasteiger partial charge in [0.1, 0.15) is 0 Å². The average molecular weight is 1250 g/mol. The van der Waals surface area contributed by atoms with Gasteiger partial charge in [-0.25, -0.2) is 9.97 Å². The van der Waals surface area contributed by atoms with Gasteiger partial charge in [-0.2, -0.15) is 0 Å². The molecule has 3 aromatic heterocycles. The van der Waals surface area contributed by atoms with Crippen molar-refractivity contribution in [3.63, 3.8) is 0 Å². The Balaban J connectivity index is 1.09. The number of rotatable bonds is 30. The fourth-order valence-corrected chi connectivity index (χ4v) is 16.3. The van der Waals surface area contributed by atoms with Gasteiger partial charge in [0.05, 0.1) is 42.8 Å². The van der Waals surface area contributed by atoms with Crippen LogP contribution in [0.15, 0.2) is 118 Å². The summed E-state index contributed by atoms with van der Waals surface area (Å²) in [4.78, 5) is 19.4. The highest BCUT2D eigenvalue weighted by atomic mass is 79.9. The minimum Gasteiger partial charge on any atom is -0.354 e. The normalized spacial score (nSPS) is 14.1. The van der Waals surface area contributed by atoms with E-state index in [2.05, 4.69) is 203 Å². The summed E-state index contributed by atoms with van der Waals surface area (Å²) < 4.78 is 1.89. The molecule has 0 fully saturated rings. The molecule has 2 N–H and O–H groups in total. The molecular weight excluding hydrogens is 1150 g/mol. The van der Waals surface area contributed by atoms with Gasteiger partial charge in [-0.3, -0.25) is 0 Å². The predicted molar refractivity (Wildman–Crippen MR) is 370 cm³/mol. The van der Waals surface area contributed by atoms with Crippen LogP contribution in [0.4, 0.5) is 0 Å². The second-order valence-corrected chi connectivity index (χ2v) is 26.7. The standard InChI is InChI=1S/C78H92Br2N4/c1-5-9-13-17-21-29-51-77(52-30-22-18-14-10-6-2)61-41-27-25-35-55(61)57-37-33-39-59(73(57)77)71-63-43-47-67(81-63)75(79)69-49-45-65(83-69)72(66-46-50-70(84-66)76(80)68-48-44-64(71)82-68)60-40-34-38-58-56-36-26-28-42-62(56)78(74(58)60,53-31-23-19-15-11-7-3)54-32-24-20-16-12-8-4/h25-28,33-50,81,84H,5-24,29-32,51-54H2,1-4H3. The third kappa shape index (κ3) is 12.3. The minimum absolute atomic E-state index is 0.112. The van der Waals surface area contributed by atoms with Crippen molar-refractivity contribution < 1.29 is 0 Å². The molecule has 6 heteroatoms. The summed E-state index contributed by atoms with van der Waals surface area (Å²) in [7, 11) is 0. The lowest BCUT2D eigenvalue weighted by Gasteiger charge is -2.34. The lowest BCUT2D eigenvalue weighted by atomic mass is 9.68. The van der Waals surface area contributed by atoms with Crippen LogP contribution in [-0.2, 0) is 10.8 Å². The molecule has 5 heterocycles. The van der Waals surface area contributed by atoms with Gasteiger partial charge in [-0.1, -0.05) is 267 Å². The molecule has 8 bridgehead atoms. The number of H-pyrrole nitrogens is 2. The number of halogens is 2. The number of fused-ring (bicyclic) bond motifs is 14. The largest absolute Gasteiger partial charge is 0.354 e. The topological polar surface area (TPSA) is 57.4 Å². The summed E-state index contributed by atoms with van der Waals surface area (Å²) in [5.74, 6) is 0. The Kier molecular flexibility index (Phi) is 20.3. The van der Waals surface area contributed by atoms with E-state index in [-0.39, 0.29) is 10.8 Å². The summed E-state index contributed by atoms with van der Waals surface area (Å²) in [5.41, 5.74) is 24.1. The number of hydrogen-bond acceptors (Lipinski definition) is 2. The van der Waals surface area contributed by atoms with Crippen LogP contribution in [0.5, 0.6) is 0 Å². The minimum atomic E-state index is -0.112. The monoisotopic (exact) mass is 1240 g/mol. The maximum atomic E-state index is 5.68. The second kappa shape index (κ2) is 28.3. The zero-order valence-corrected chi connectivity index (χ0v) is 54.3. The molecule has 4 aliphatic rings. The van der Waals surface area contributed by atoms with Crippen molar-refractivity contribution in [1.29, 1.82) is 0 Å². The Morgan fingerprint density at radius 3 is 0.976 bits per heavy atom. The molecule has 84 heavy (non-hydrogen) atoms. The molecule has 0 spiro atoms. The van der Waals surface area contributed by atoms with Crippen LogP contribution in [0.2, 0.25) is 0 Å².